The average Bonchev–Trinajstić information content (AvgIpc) is 3.44. The minimum absolute atomic E-state index is 0.0326. The number of ether oxygens (including phenoxy) is 3. The van der Waals surface area contributed by atoms with Crippen LogP contribution in [0.15, 0.2) is 6.07 Å². The van der Waals surface area contributed by atoms with Crippen LogP contribution in [0.25, 0.3) is 0 Å². The van der Waals surface area contributed by atoms with Gasteiger partial charge in [-0.25, -0.2) is 13.6 Å². The number of carbonyl (C=O) groups excluding carboxylic acids is 2. The molecule has 0 spiro atoms. The number of aromatic nitrogens is 1. The number of hydrogen-bond donors (Lipinski definition) is 4. The van der Waals surface area contributed by atoms with E-state index in [1.54, 1.807) is 0 Å². The number of amides is 3. The third-order valence-corrected chi connectivity index (χ3v) is 6.33. The van der Waals surface area contributed by atoms with E-state index in [-0.39, 0.29) is 34.0 Å². The van der Waals surface area contributed by atoms with Gasteiger partial charge in [0.2, 0.25) is 5.88 Å². The molecule has 11 nitrogen and oxygen atoms in total. The molecule has 36 heavy (non-hydrogen) atoms. The van der Waals surface area contributed by atoms with Gasteiger partial charge in [-0.1, -0.05) is 0 Å². The maximum Gasteiger partial charge on any atom is 0.319 e. The van der Waals surface area contributed by atoms with Gasteiger partial charge in [0.1, 0.15) is 17.2 Å². The zero-order valence-electron chi connectivity index (χ0n) is 19.9. The van der Waals surface area contributed by atoms with Crippen molar-refractivity contribution in [2.75, 3.05) is 45.7 Å². The summed E-state index contributed by atoms with van der Waals surface area (Å²) in [5.74, 6) is -3.72. The lowest BCUT2D eigenvalue weighted by atomic mass is 10.1. The summed E-state index contributed by atoms with van der Waals surface area (Å²) < 4.78 is 48.3. The summed E-state index contributed by atoms with van der Waals surface area (Å²) in [6.45, 7) is 2.12. The Kier molecular flexibility index (Phi) is 9.61. The van der Waals surface area contributed by atoms with Crippen LogP contribution in [-0.4, -0.2) is 72.8 Å². The number of aliphatic hydroxyl groups is 1. The molecule has 1 aliphatic rings. The molecule has 198 valence electrons. The summed E-state index contributed by atoms with van der Waals surface area (Å²) in [5, 5.41) is 14.8. The number of primary amides is 1. The summed E-state index contributed by atoms with van der Waals surface area (Å²) in [4.78, 5) is 26.4. The highest BCUT2D eigenvalue weighted by atomic mass is 32.1. The van der Waals surface area contributed by atoms with Crippen LogP contribution in [0.3, 0.4) is 0 Å². The minimum Gasteiger partial charge on any atom is -0.494 e. The van der Waals surface area contributed by atoms with Crippen LogP contribution in [0, 0.1) is 11.6 Å². The molecule has 1 fully saturated rings. The largest absolute Gasteiger partial charge is 0.494 e. The molecule has 0 unspecified atom stereocenters. The number of rotatable bonds is 12. The van der Waals surface area contributed by atoms with E-state index in [1.165, 1.54) is 14.2 Å². The van der Waals surface area contributed by atoms with E-state index in [4.69, 9.17) is 19.9 Å². The lowest BCUT2D eigenvalue weighted by Gasteiger charge is -2.14. The molecule has 0 saturated carbocycles. The molecular formula is C22H29F2N5O6S. The second-order valence-corrected chi connectivity index (χ2v) is 8.84. The van der Waals surface area contributed by atoms with E-state index in [9.17, 15) is 23.5 Å². The third-order valence-electron chi connectivity index (χ3n) is 5.59. The number of likely N-dealkylation sites (tertiary alicyclic amines) is 1. The molecule has 3 amide bonds. The maximum absolute atomic E-state index is 14.6. The Balaban J connectivity index is 1.57. The molecule has 5 N–H and O–H groups in total. The number of β-amino-alcohol motifs (C(OH)–C–C–N with tert-alkyl or cyclic N) is 1. The number of carbonyl (C=O) groups is 2. The Hall–Kier alpha value is -3.23. The molecule has 1 atom stereocenters. The van der Waals surface area contributed by atoms with Crippen LogP contribution >= 0.6 is 11.5 Å². The molecule has 0 bridgehead atoms. The predicted molar refractivity (Wildman–Crippen MR) is 128 cm³/mol. The van der Waals surface area contributed by atoms with Crippen LogP contribution < -0.4 is 30.6 Å². The van der Waals surface area contributed by atoms with Crippen LogP contribution in [0.1, 0.15) is 35.2 Å². The topological polar surface area (TPSA) is 148 Å². The van der Waals surface area contributed by atoms with Crippen LogP contribution in [-0.2, 0) is 6.61 Å². The Bertz CT molecular complexity index is 1060. The van der Waals surface area contributed by atoms with Gasteiger partial charge < -0.3 is 35.3 Å². The van der Waals surface area contributed by atoms with E-state index in [2.05, 4.69) is 19.9 Å². The smallest absolute Gasteiger partial charge is 0.319 e. The highest BCUT2D eigenvalue weighted by Gasteiger charge is 2.25. The standard InChI is InChI=1S/C22H29F2N5O6S/c1-33-14-9-15(34-2)18(24)13(17(14)23)11-35-20-16(19(25)31)21(36-28-20)27-22(32)26-6-3-4-7-29-8-5-12(30)10-29/h9,12,30H,3-8,10-11H2,1-2H3,(H2,25,31)(H2,26,27,32)/t12-/m1/s1. The van der Waals surface area contributed by atoms with E-state index in [0.29, 0.717) is 13.1 Å². The summed E-state index contributed by atoms with van der Waals surface area (Å²) in [6, 6.07) is 0.488. The molecular weight excluding hydrogens is 500 g/mol. The molecule has 1 aliphatic heterocycles. The highest BCUT2D eigenvalue weighted by molar-refractivity contribution is 7.11. The van der Waals surface area contributed by atoms with Crippen molar-refractivity contribution in [1.82, 2.24) is 14.6 Å². The number of hydrogen-bond acceptors (Lipinski definition) is 9. The van der Waals surface area contributed by atoms with Gasteiger partial charge in [0.25, 0.3) is 5.91 Å². The first-order valence-electron chi connectivity index (χ1n) is 11.2. The average molecular weight is 530 g/mol. The molecule has 1 aromatic heterocycles. The van der Waals surface area contributed by atoms with Crippen molar-refractivity contribution in [2.45, 2.75) is 32.0 Å². The Morgan fingerprint density at radius 2 is 1.94 bits per heavy atom. The number of benzene rings is 1. The summed E-state index contributed by atoms with van der Waals surface area (Å²) >= 11 is 0.737. The number of halogens is 2. The molecule has 0 radical (unpaired) electrons. The highest BCUT2D eigenvalue weighted by Crippen LogP contribution is 2.34. The van der Waals surface area contributed by atoms with Crippen LogP contribution in [0.5, 0.6) is 17.4 Å². The van der Waals surface area contributed by atoms with E-state index in [0.717, 1.165) is 50.0 Å². The molecule has 2 heterocycles. The van der Waals surface area contributed by atoms with Gasteiger partial charge in [0, 0.05) is 25.7 Å². The van der Waals surface area contributed by atoms with Gasteiger partial charge in [-0.05, 0) is 37.3 Å². The van der Waals surface area contributed by atoms with Gasteiger partial charge in [0.15, 0.2) is 23.1 Å². The van der Waals surface area contributed by atoms with Crippen molar-refractivity contribution in [3.05, 3.63) is 28.8 Å². The number of anilines is 1. The first kappa shape index (κ1) is 27.4. The zero-order valence-corrected chi connectivity index (χ0v) is 20.8. The lowest BCUT2D eigenvalue weighted by molar-refractivity contribution is 0.0996. The minimum atomic E-state index is -0.995. The van der Waals surface area contributed by atoms with Crippen molar-refractivity contribution >= 4 is 28.5 Å². The Labute approximate surface area is 210 Å². The normalized spacial score (nSPS) is 15.5. The zero-order chi connectivity index (χ0) is 26.2. The molecule has 0 aliphatic carbocycles. The van der Waals surface area contributed by atoms with Crippen molar-refractivity contribution < 1.29 is 37.7 Å². The van der Waals surface area contributed by atoms with Gasteiger partial charge in [0.05, 0.1) is 25.9 Å². The van der Waals surface area contributed by atoms with Gasteiger partial charge in [-0.15, -0.1) is 0 Å². The first-order chi connectivity index (χ1) is 17.2. The molecule has 2 aromatic rings. The summed E-state index contributed by atoms with van der Waals surface area (Å²) in [7, 11) is 2.43. The van der Waals surface area contributed by atoms with Crippen molar-refractivity contribution in [1.29, 1.82) is 0 Å². The van der Waals surface area contributed by atoms with Gasteiger partial charge >= 0.3 is 6.03 Å². The Morgan fingerprint density at radius 3 is 2.53 bits per heavy atom. The van der Waals surface area contributed by atoms with E-state index in [1.807, 2.05) is 0 Å². The van der Waals surface area contributed by atoms with Gasteiger partial charge in [-0.3, -0.25) is 10.1 Å². The number of urea groups is 1. The van der Waals surface area contributed by atoms with Crippen molar-refractivity contribution in [3.63, 3.8) is 0 Å². The third kappa shape index (κ3) is 6.71. The number of nitrogens with two attached hydrogens (primary N) is 1. The summed E-state index contributed by atoms with van der Waals surface area (Å²) in [6.07, 6.45) is 2.08. The monoisotopic (exact) mass is 529 g/mol. The lowest BCUT2D eigenvalue weighted by Crippen LogP contribution is -2.31. The van der Waals surface area contributed by atoms with E-state index >= 15 is 0 Å². The fourth-order valence-corrected chi connectivity index (χ4v) is 4.44. The molecule has 1 saturated heterocycles. The summed E-state index contributed by atoms with van der Waals surface area (Å²) in [5.41, 5.74) is 4.71. The number of nitrogens with zero attached hydrogens (tertiary/aromatic N) is 2. The van der Waals surface area contributed by atoms with Crippen LogP contribution in [0.2, 0.25) is 0 Å². The second kappa shape index (κ2) is 12.6. The predicted octanol–water partition coefficient (Wildman–Crippen LogP) is 2.08. The Morgan fingerprint density at radius 1 is 1.25 bits per heavy atom. The fraction of sp³-hybridized carbons (Fsp3) is 0.500. The van der Waals surface area contributed by atoms with Crippen molar-refractivity contribution in [3.8, 4) is 17.4 Å². The fourth-order valence-electron chi connectivity index (χ4n) is 3.71. The molecule has 3 rings (SSSR count). The molecule has 14 heteroatoms. The van der Waals surface area contributed by atoms with E-state index < -0.39 is 35.7 Å². The maximum atomic E-state index is 14.6. The second-order valence-electron chi connectivity index (χ2n) is 8.06. The number of aliphatic hydroxyl groups excluding tert-OH is 1. The number of methoxy groups -OCH3 is 2. The number of unbranched alkanes of at least 4 members (excludes halogenated alkanes) is 1. The number of nitrogens with one attached hydrogen (secondary N) is 2. The SMILES string of the molecule is COc1cc(OC)c(F)c(COc2nsc(NC(=O)NCCCCN3CC[C@@H](O)C3)c2C(N)=O)c1F. The van der Waals surface area contributed by atoms with Crippen molar-refractivity contribution in [2.24, 2.45) is 5.73 Å². The quantitative estimate of drug-likeness (QED) is 0.306. The van der Waals surface area contributed by atoms with Crippen LogP contribution in [0.4, 0.5) is 18.6 Å². The molecule has 1 aromatic carbocycles. The van der Waals surface area contributed by atoms with Gasteiger partial charge in [-0.2, -0.15) is 4.37 Å². The first-order valence-corrected chi connectivity index (χ1v) is 12.0.